The van der Waals surface area contributed by atoms with E-state index in [0.717, 1.165) is 31.4 Å². The van der Waals surface area contributed by atoms with E-state index >= 15 is 0 Å². The second kappa shape index (κ2) is 6.52. The van der Waals surface area contributed by atoms with E-state index in [2.05, 4.69) is 10.3 Å². The Labute approximate surface area is 113 Å². The predicted molar refractivity (Wildman–Crippen MR) is 73.9 cm³/mol. The first-order valence-corrected chi connectivity index (χ1v) is 6.77. The highest BCUT2D eigenvalue weighted by Crippen LogP contribution is 2.25. The number of aliphatic hydroxyl groups is 1. The molecule has 2 rings (SSSR count). The summed E-state index contributed by atoms with van der Waals surface area (Å²) in [5.74, 6) is 0.196. The van der Waals surface area contributed by atoms with Crippen LogP contribution in [0.1, 0.15) is 25.7 Å². The van der Waals surface area contributed by atoms with Crippen LogP contribution in [0.3, 0.4) is 0 Å². The summed E-state index contributed by atoms with van der Waals surface area (Å²) in [5.41, 5.74) is 0.732. The summed E-state index contributed by atoms with van der Waals surface area (Å²) >= 11 is 0. The Morgan fingerprint density at radius 3 is 2.79 bits per heavy atom. The van der Waals surface area contributed by atoms with Crippen LogP contribution in [0.25, 0.3) is 0 Å². The van der Waals surface area contributed by atoms with Crippen molar-refractivity contribution in [3.8, 4) is 0 Å². The van der Waals surface area contributed by atoms with Crippen LogP contribution in [0, 0.1) is 5.92 Å². The first kappa shape index (κ1) is 13.8. The fourth-order valence-corrected chi connectivity index (χ4v) is 2.49. The highest BCUT2D eigenvalue weighted by Gasteiger charge is 2.25. The van der Waals surface area contributed by atoms with Gasteiger partial charge in [-0.15, -0.1) is 0 Å². The number of hydrogen-bond donors (Lipinski definition) is 2. The molecule has 1 saturated carbocycles. The standard InChI is InChI=1S/C14H21N3O2/c1-17(10-11-4-2-3-5-13(11)18)14(19)16-12-6-8-15-9-7-12/h6-9,11,13,18H,2-5,10H2,1H3,(H,15,16,19). The smallest absolute Gasteiger partial charge is 0.321 e. The molecule has 2 amide bonds. The Kier molecular flexibility index (Phi) is 4.74. The van der Waals surface area contributed by atoms with Gasteiger partial charge in [0, 0.05) is 37.6 Å². The zero-order valence-corrected chi connectivity index (χ0v) is 11.2. The lowest BCUT2D eigenvalue weighted by molar-refractivity contribution is 0.0575. The van der Waals surface area contributed by atoms with Gasteiger partial charge >= 0.3 is 6.03 Å². The molecule has 1 fully saturated rings. The van der Waals surface area contributed by atoms with Crippen LogP contribution in [-0.4, -0.2) is 40.7 Å². The van der Waals surface area contributed by atoms with Crippen molar-refractivity contribution in [1.29, 1.82) is 0 Å². The summed E-state index contributed by atoms with van der Waals surface area (Å²) in [6.07, 6.45) is 7.08. The van der Waals surface area contributed by atoms with E-state index in [4.69, 9.17) is 0 Å². The average Bonchev–Trinajstić information content (AvgIpc) is 2.42. The molecule has 1 aromatic rings. The Morgan fingerprint density at radius 2 is 2.11 bits per heavy atom. The summed E-state index contributed by atoms with van der Waals surface area (Å²) in [4.78, 5) is 17.5. The van der Waals surface area contributed by atoms with Crippen molar-refractivity contribution in [2.45, 2.75) is 31.8 Å². The number of nitrogens with one attached hydrogen (secondary N) is 1. The van der Waals surface area contributed by atoms with Crippen molar-refractivity contribution < 1.29 is 9.90 Å². The number of aliphatic hydroxyl groups excluding tert-OH is 1. The van der Waals surface area contributed by atoms with Crippen molar-refractivity contribution >= 4 is 11.7 Å². The van der Waals surface area contributed by atoms with Gasteiger partial charge in [-0.25, -0.2) is 4.79 Å². The molecule has 5 heteroatoms. The third-order valence-electron chi connectivity index (χ3n) is 3.66. The number of rotatable bonds is 3. The third kappa shape index (κ3) is 3.92. The molecule has 1 aliphatic carbocycles. The molecule has 0 aromatic carbocycles. The molecule has 1 aromatic heterocycles. The summed E-state index contributed by atoms with van der Waals surface area (Å²) < 4.78 is 0. The summed E-state index contributed by atoms with van der Waals surface area (Å²) in [6, 6.07) is 3.35. The van der Waals surface area contributed by atoms with Gasteiger partial charge < -0.3 is 15.3 Å². The molecule has 5 nitrogen and oxygen atoms in total. The van der Waals surface area contributed by atoms with Gasteiger partial charge in [-0.1, -0.05) is 12.8 Å². The topological polar surface area (TPSA) is 65.5 Å². The Bertz CT molecular complexity index is 410. The largest absolute Gasteiger partial charge is 0.393 e. The average molecular weight is 263 g/mol. The first-order chi connectivity index (χ1) is 9.16. The molecule has 19 heavy (non-hydrogen) atoms. The predicted octanol–water partition coefficient (Wildman–Crippen LogP) is 2.10. The van der Waals surface area contributed by atoms with Crippen molar-refractivity contribution in [1.82, 2.24) is 9.88 Å². The number of pyridine rings is 1. The molecule has 2 N–H and O–H groups in total. The molecule has 0 saturated heterocycles. The monoisotopic (exact) mass is 263 g/mol. The molecule has 1 aliphatic rings. The number of nitrogens with zero attached hydrogens (tertiary/aromatic N) is 2. The zero-order chi connectivity index (χ0) is 13.7. The summed E-state index contributed by atoms with van der Waals surface area (Å²) in [6.45, 7) is 0.595. The number of amides is 2. The first-order valence-electron chi connectivity index (χ1n) is 6.77. The Balaban J connectivity index is 1.85. The molecule has 0 spiro atoms. The fourth-order valence-electron chi connectivity index (χ4n) is 2.49. The van der Waals surface area contributed by atoms with Gasteiger partial charge in [-0.05, 0) is 25.0 Å². The lowest BCUT2D eigenvalue weighted by Crippen LogP contribution is -2.40. The van der Waals surface area contributed by atoms with Crippen molar-refractivity contribution in [3.63, 3.8) is 0 Å². The lowest BCUT2D eigenvalue weighted by atomic mass is 9.86. The molecular weight excluding hydrogens is 242 g/mol. The number of aromatic nitrogens is 1. The number of carbonyl (C=O) groups is 1. The maximum Gasteiger partial charge on any atom is 0.321 e. The van der Waals surface area contributed by atoms with Crippen LogP contribution in [0.5, 0.6) is 0 Å². The molecular formula is C14H21N3O2. The fraction of sp³-hybridized carbons (Fsp3) is 0.571. The zero-order valence-electron chi connectivity index (χ0n) is 11.2. The van der Waals surface area contributed by atoms with E-state index < -0.39 is 0 Å². The SMILES string of the molecule is CN(CC1CCCCC1O)C(=O)Nc1ccncc1. The number of carbonyl (C=O) groups excluding carboxylic acids is 1. The molecule has 2 unspecified atom stereocenters. The quantitative estimate of drug-likeness (QED) is 0.877. The van der Waals surface area contributed by atoms with E-state index in [0.29, 0.717) is 6.54 Å². The van der Waals surface area contributed by atoms with Gasteiger partial charge in [0.05, 0.1) is 6.10 Å². The van der Waals surface area contributed by atoms with E-state index in [-0.39, 0.29) is 18.1 Å². The van der Waals surface area contributed by atoms with Gasteiger partial charge in [0.1, 0.15) is 0 Å². The molecule has 1 heterocycles. The Hall–Kier alpha value is -1.62. The Morgan fingerprint density at radius 1 is 1.42 bits per heavy atom. The van der Waals surface area contributed by atoms with Crippen LogP contribution < -0.4 is 5.32 Å². The van der Waals surface area contributed by atoms with Gasteiger partial charge in [0.25, 0.3) is 0 Å². The van der Waals surface area contributed by atoms with E-state index in [1.54, 1.807) is 36.5 Å². The second-order valence-electron chi connectivity index (χ2n) is 5.16. The highest BCUT2D eigenvalue weighted by molar-refractivity contribution is 5.88. The molecule has 0 radical (unpaired) electrons. The van der Waals surface area contributed by atoms with Crippen LogP contribution in [0.15, 0.2) is 24.5 Å². The number of hydrogen-bond acceptors (Lipinski definition) is 3. The van der Waals surface area contributed by atoms with Crippen LogP contribution >= 0.6 is 0 Å². The number of anilines is 1. The molecule has 0 aliphatic heterocycles. The maximum atomic E-state index is 12.0. The maximum absolute atomic E-state index is 12.0. The van der Waals surface area contributed by atoms with Crippen LogP contribution in [0.4, 0.5) is 10.5 Å². The summed E-state index contributed by atoms with van der Waals surface area (Å²) in [7, 11) is 1.76. The molecule has 104 valence electrons. The van der Waals surface area contributed by atoms with Crippen LogP contribution in [0.2, 0.25) is 0 Å². The van der Waals surface area contributed by atoms with Crippen molar-refractivity contribution in [2.24, 2.45) is 5.92 Å². The normalized spacial score (nSPS) is 22.8. The molecule has 2 atom stereocenters. The molecule has 0 bridgehead atoms. The van der Waals surface area contributed by atoms with E-state index in [1.807, 2.05) is 0 Å². The van der Waals surface area contributed by atoms with Crippen molar-refractivity contribution in [2.75, 3.05) is 18.9 Å². The number of urea groups is 1. The second-order valence-corrected chi connectivity index (χ2v) is 5.16. The van der Waals surface area contributed by atoms with Crippen molar-refractivity contribution in [3.05, 3.63) is 24.5 Å². The van der Waals surface area contributed by atoms with E-state index in [1.165, 1.54) is 0 Å². The highest BCUT2D eigenvalue weighted by atomic mass is 16.3. The van der Waals surface area contributed by atoms with E-state index in [9.17, 15) is 9.90 Å². The minimum Gasteiger partial charge on any atom is -0.393 e. The van der Waals surface area contributed by atoms with Gasteiger partial charge in [-0.2, -0.15) is 0 Å². The van der Waals surface area contributed by atoms with Gasteiger partial charge in [-0.3, -0.25) is 4.98 Å². The van der Waals surface area contributed by atoms with Gasteiger partial charge in [0.15, 0.2) is 0 Å². The van der Waals surface area contributed by atoms with Crippen LogP contribution in [-0.2, 0) is 0 Å². The minimum absolute atomic E-state index is 0.149. The third-order valence-corrected chi connectivity index (χ3v) is 3.66. The van der Waals surface area contributed by atoms with Gasteiger partial charge in [0.2, 0.25) is 0 Å². The summed E-state index contributed by atoms with van der Waals surface area (Å²) in [5, 5.41) is 12.7. The minimum atomic E-state index is -0.273. The lowest BCUT2D eigenvalue weighted by Gasteiger charge is -2.31.